The van der Waals surface area contributed by atoms with Crippen LogP contribution in [0, 0.1) is 0 Å². The van der Waals surface area contributed by atoms with E-state index in [-0.39, 0.29) is 20.1 Å². The van der Waals surface area contributed by atoms with Crippen molar-refractivity contribution in [3.8, 4) is 78.1 Å². The van der Waals surface area contributed by atoms with E-state index in [0.29, 0.717) is 0 Å². The van der Waals surface area contributed by atoms with Crippen molar-refractivity contribution in [2.75, 3.05) is 0 Å². The largest absolute Gasteiger partial charge is 0.456 e. The van der Waals surface area contributed by atoms with Gasteiger partial charge in [0.05, 0.1) is 22.1 Å². The summed E-state index contributed by atoms with van der Waals surface area (Å²) in [6.45, 7) is 0.400. The zero-order valence-corrected chi connectivity index (χ0v) is 62.8. The van der Waals surface area contributed by atoms with Crippen LogP contribution in [0.4, 0.5) is 0 Å². The molecule has 4 aromatic heterocycles. The smallest absolute Gasteiger partial charge is 0.242 e. The molecular formula is C108H69B3N2O2. The Hall–Kier alpha value is -14.6. The molecule has 22 aromatic rings. The number of fused-ring (bicyclic) bond motifs is 27. The van der Waals surface area contributed by atoms with Crippen molar-refractivity contribution >= 4 is 157 Å². The first kappa shape index (κ1) is 66.2. The van der Waals surface area contributed by atoms with E-state index >= 15 is 0 Å². The van der Waals surface area contributed by atoms with Crippen LogP contribution in [0.5, 0.6) is 0 Å². The summed E-state index contributed by atoms with van der Waals surface area (Å²) in [6.07, 6.45) is 0. The number of hydrogen-bond acceptors (Lipinski definition) is 2. The first-order chi connectivity index (χ1) is 57.1. The molecule has 25 rings (SSSR count). The summed E-state index contributed by atoms with van der Waals surface area (Å²) in [7, 11) is 0. The number of hydrogen-bond donors (Lipinski definition) is 0. The van der Waals surface area contributed by atoms with Gasteiger partial charge in [-0.1, -0.05) is 383 Å². The molecule has 0 aliphatic carbocycles. The Bertz CT molecular complexity index is 7520. The molecule has 18 aromatic carbocycles. The first-order valence-corrected chi connectivity index (χ1v) is 39.9. The molecular weight excluding hydrogens is 1390 g/mol. The van der Waals surface area contributed by atoms with E-state index in [2.05, 4.69) is 410 Å². The summed E-state index contributed by atoms with van der Waals surface area (Å²) >= 11 is 0. The van der Waals surface area contributed by atoms with Gasteiger partial charge >= 0.3 is 0 Å². The fourth-order valence-corrected chi connectivity index (χ4v) is 19.6. The summed E-state index contributed by atoms with van der Waals surface area (Å²) in [6, 6.07) is 152. The van der Waals surface area contributed by atoms with Gasteiger partial charge in [0.2, 0.25) is 20.1 Å². The van der Waals surface area contributed by atoms with Gasteiger partial charge in [0.15, 0.2) is 0 Å². The van der Waals surface area contributed by atoms with Gasteiger partial charge in [-0.2, -0.15) is 0 Å². The zero-order valence-electron chi connectivity index (χ0n) is 62.8. The van der Waals surface area contributed by atoms with Gasteiger partial charge in [-0.05, 0) is 152 Å². The highest BCUT2D eigenvalue weighted by Gasteiger charge is 2.36. The summed E-state index contributed by atoms with van der Waals surface area (Å²) in [4.78, 5) is 0. The van der Waals surface area contributed by atoms with Crippen molar-refractivity contribution in [3.63, 3.8) is 0 Å². The van der Waals surface area contributed by atoms with Crippen LogP contribution in [0.25, 0.3) is 166 Å². The Labute approximate surface area is 667 Å². The normalized spacial score (nSPS) is 12.3. The third-order valence-electron chi connectivity index (χ3n) is 24.6. The molecule has 0 amide bonds. The molecule has 0 radical (unpaired) electrons. The highest BCUT2D eigenvalue weighted by Crippen LogP contribution is 2.44. The molecule has 0 N–H and O–H groups in total. The second-order valence-corrected chi connectivity index (χ2v) is 30.7. The minimum Gasteiger partial charge on any atom is -0.456 e. The average molecular weight is 1460 g/mol. The van der Waals surface area contributed by atoms with Crippen LogP contribution >= 0.6 is 0 Å². The molecule has 0 bridgehead atoms. The molecule has 3 aliphatic rings. The van der Waals surface area contributed by atoms with Crippen molar-refractivity contribution in [2.24, 2.45) is 0 Å². The van der Waals surface area contributed by atoms with E-state index in [1.54, 1.807) is 0 Å². The van der Waals surface area contributed by atoms with Gasteiger partial charge in [-0.15, -0.1) is 0 Å². The maximum absolute atomic E-state index is 6.38. The highest BCUT2D eigenvalue weighted by atomic mass is 16.3. The van der Waals surface area contributed by atoms with E-state index in [1.165, 1.54) is 182 Å². The lowest BCUT2D eigenvalue weighted by Gasteiger charge is -2.19. The number of para-hydroxylation sites is 6. The molecule has 4 nitrogen and oxygen atoms in total. The fourth-order valence-electron chi connectivity index (χ4n) is 19.6. The Morgan fingerprint density at radius 1 is 0.157 bits per heavy atom. The van der Waals surface area contributed by atoms with Crippen molar-refractivity contribution in [1.29, 1.82) is 0 Å². The van der Waals surface area contributed by atoms with Gasteiger partial charge in [-0.25, -0.2) is 0 Å². The lowest BCUT2D eigenvalue weighted by molar-refractivity contribution is 0.668. The van der Waals surface area contributed by atoms with Crippen molar-refractivity contribution in [2.45, 2.75) is 0 Å². The fraction of sp³-hybridized carbons (Fsp3) is 0. The summed E-state index contributed by atoms with van der Waals surface area (Å²) in [5.74, 6) is 0. The first-order valence-electron chi connectivity index (χ1n) is 39.9. The van der Waals surface area contributed by atoms with E-state index in [1.807, 2.05) is 18.2 Å². The predicted molar refractivity (Wildman–Crippen MR) is 488 cm³/mol. The average Bonchev–Trinajstić information content (AvgIpc) is 1.60. The molecule has 3 aliphatic heterocycles. The molecule has 0 atom stereocenters. The molecule has 0 unspecified atom stereocenters. The maximum Gasteiger partial charge on any atom is 0.242 e. The van der Waals surface area contributed by atoms with Gasteiger partial charge in [0, 0.05) is 54.5 Å². The van der Waals surface area contributed by atoms with Crippen LogP contribution in [0.2, 0.25) is 0 Å². The van der Waals surface area contributed by atoms with E-state index in [0.717, 1.165) is 33.1 Å². The summed E-state index contributed by atoms with van der Waals surface area (Å²) < 4.78 is 17.4. The van der Waals surface area contributed by atoms with Crippen molar-refractivity contribution < 1.29 is 8.83 Å². The van der Waals surface area contributed by atoms with E-state index in [4.69, 9.17) is 8.83 Å². The lowest BCUT2D eigenvalue weighted by atomic mass is 9.36. The van der Waals surface area contributed by atoms with Gasteiger partial charge in [-0.3, -0.25) is 0 Å². The van der Waals surface area contributed by atoms with Crippen LogP contribution in [0.3, 0.4) is 0 Å². The topological polar surface area (TPSA) is 36.1 Å². The van der Waals surface area contributed by atoms with Crippen LogP contribution in [-0.4, -0.2) is 29.3 Å². The third-order valence-corrected chi connectivity index (χ3v) is 24.6. The minimum absolute atomic E-state index is 0.0834. The predicted octanol–water partition coefficient (Wildman–Crippen LogP) is 21.5. The monoisotopic (exact) mass is 1460 g/mol. The Morgan fingerprint density at radius 3 is 0.852 bits per heavy atom. The molecule has 0 spiro atoms. The molecule has 0 saturated carbocycles. The second-order valence-electron chi connectivity index (χ2n) is 30.7. The number of furan rings is 2. The molecule has 7 heteroatoms. The zero-order chi connectivity index (χ0) is 75.6. The molecule has 0 fully saturated rings. The minimum atomic E-state index is 0.0834. The lowest BCUT2D eigenvalue weighted by Crippen LogP contribution is -2.52. The van der Waals surface area contributed by atoms with E-state index < -0.39 is 0 Å². The number of aromatic nitrogens is 2. The van der Waals surface area contributed by atoms with E-state index in [9.17, 15) is 0 Å². The van der Waals surface area contributed by atoms with Crippen LogP contribution in [-0.2, 0) is 0 Å². The second kappa shape index (κ2) is 27.1. The van der Waals surface area contributed by atoms with Crippen LogP contribution in [0.1, 0.15) is 0 Å². The number of benzene rings is 18. The maximum atomic E-state index is 6.38. The van der Waals surface area contributed by atoms with Gasteiger partial charge < -0.3 is 18.0 Å². The third kappa shape index (κ3) is 10.7. The summed E-state index contributed by atoms with van der Waals surface area (Å²) in [5.41, 5.74) is 38.2. The standard InChI is InChI=1S/C42H26BNO.C36H24BN.C30H19BO/c1-6-16-37-29(11-1)34-25-36-33-15-5-10-20-41(33)45-42(36)26-35(34)30-12-2-7-17-38(30)43(37)27-21-23-28(24-22-27)44-39-18-8-3-13-31(39)32-14-4-9-19-40(32)44;1-2-12-26(13-3-1)38-35-21-11-8-18-31(35)32-24-25(22-23-36(32)38)37-33-19-9-6-16-29(33)27-14-4-5-15-28(27)30-17-7-10-20-34(30)37;1-2-10-20(11-3-1)31-27-15-7-4-12-21(27)24-18-26-23-14-6-9-17-29(23)32-30(26)19-25(24)22-13-5-8-16-28(22)31/h1-26H;1-24H;1-19H. The Kier molecular flexibility index (Phi) is 15.6. The van der Waals surface area contributed by atoms with Gasteiger partial charge in [0.1, 0.15) is 22.3 Å². The molecule has 532 valence electrons. The SMILES string of the molecule is c1ccc(-n2c3ccccc3c3cc(B4c5ccccc5-c5ccccc5-c5ccccc54)ccc32)cc1.c1ccc(B2c3ccccc3-c3cc4oc5ccccc5c4cc3-c3ccccc32)cc1.c1ccc2c(c1)B(c1ccc(-n3c4ccccc4c4ccccc43)cc1)c1ccccc1-c1cc3c(cc1-2)oc1ccccc13. The highest BCUT2D eigenvalue weighted by molar-refractivity contribution is 6.99. The van der Waals surface area contributed by atoms with Crippen LogP contribution in [0.15, 0.2) is 427 Å². The molecule has 115 heavy (non-hydrogen) atoms. The quantitative estimate of drug-likeness (QED) is 0.161. The molecule has 0 saturated heterocycles. The Balaban J connectivity index is 0.000000104. The number of rotatable bonds is 5. The number of nitrogens with zero attached hydrogens (tertiary/aromatic N) is 2. The Morgan fingerprint density at radius 2 is 0.435 bits per heavy atom. The van der Waals surface area contributed by atoms with Gasteiger partial charge in [0.25, 0.3) is 0 Å². The molecule has 7 heterocycles. The van der Waals surface area contributed by atoms with Crippen molar-refractivity contribution in [3.05, 3.63) is 419 Å². The van der Waals surface area contributed by atoms with Crippen LogP contribution < -0.4 is 49.2 Å². The van der Waals surface area contributed by atoms with Crippen molar-refractivity contribution in [1.82, 2.24) is 9.13 Å². The summed E-state index contributed by atoms with van der Waals surface area (Å²) in [5, 5.41) is 9.78.